The molecule has 1 saturated heterocycles. The summed E-state index contributed by atoms with van der Waals surface area (Å²) in [5, 5.41) is 11.1. The molecule has 1 aliphatic rings. The molecule has 9 heteroatoms. The highest BCUT2D eigenvalue weighted by molar-refractivity contribution is 7.98. The van der Waals surface area contributed by atoms with Crippen LogP contribution in [0.5, 0.6) is 0 Å². The van der Waals surface area contributed by atoms with Crippen LogP contribution in [0.4, 0.5) is 0 Å². The van der Waals surface area contributed by atoms with Gasteiger partial charge in [0.25, 0.3) is 5.91 Å². The fourth-order valence-electron chi connectivity index (χ4n) is 2.96. The maximum absolute atomic E-state index is 12.5. The number of aryl methyl sites for hydroxylation is 1. The fraction of sp³-hybridized carbons (Fsp3) is 0.500. The molecule has 3 rings (SSSR count). The Labute approximate surface area is 176 Å². The zero-order chi connectivity index (χ0) is 17.5. The van der Waals surface area contributed by atoms with Crippen molar-refractivity contribution < 1.29 is 9.32 Å². The molecule has 0 bridgehead atoms. The van der Waals surface area contributed by atoms with Gasteiger partial charge in [0, 0.05) is 24.6 Å². The topological polar surface area (TPSA) is 80.0 Å². The van der Waals surface area contributed by atoms with Gasteiger partial charge in [-0.15, -0.1) is 24.8 Å². The van der Waals surface area contributed by atoms with Crippen molar-refractivity contribution in [3.05, 3.63) is 41.4 Å². The molecule has 1 amide bonds. The van der Waals surface area contributed by atoms with E-state index < -0.39 is 0 Å². The van der Waals surface area contributed by atoms with Crippen LogP contribution in [0.15, 0.2) is 33.9 Å². The van der Waals surface area contributed by atoms with Crippen LogP contribution in [-0.2, 0) is 5.75 Å². The predicted octanol–water partition coefficient (Wildman–Crippen LogP) is 3.63. The number of hydrogen-bond acceptors (Lipinski definition) is 6. The lowest BCUT2D eigenvalue weighted by Gasteiger charge is -2.22. The van der Waals surface area contributed by atoms with Crippen molar-refractivity contribution in [3.8, 4) is 0 Å². The number of pyridine rings is 1. The minimum absolute atomic E-state index is 0. The van der Waals surface area contributed by atoms with E-state index in [9.17, 15) is 4.79 Å². The molecule has 1 aliphatic heterocycles. The second-order valence-electron chi connectivity index (χ2n) is 6.33. The van der Waals surface area contributed by atoms with Gasteiger partial charge < -0.3 is 15.2 Å². The third kappa shape index (κ3) is 7.33. The van der Waals surface area contributed by atoms with E-state index in [2.05, 4.69) is 20.8 Å². The summed E-state index contributed by atoms with van der Waals surface area (Å²) in [4.78, 5) is 16.9. The van der Waals surface area contributed by atoms with Crippen molar-refractivity contribution in [3.63, 3.8) is 0 Å². The molecule has 2 aromatic rings. The van der Waals surface area contributed by atoms with Crippen LogP contribution in [0.1, 0.15) is 41.1 Å². The van der Waals surface area contributed by atoms with Crippen molar-refractivity contribution in [2.24, 2.45) is 5.92 Å². The second kappa shape index (κ2) is 12.2. The first-order valence-corrected chi connectivity index (χ1v) is 9.70. The predicted molar refractivity (Wildman–Crippen MR) is 112 cm³/mol. The number of halogens is 2. The van der Waals surface area contributed by atoms with Crippen molar-refractivity contribution >= 4 is 42.5 Å². The molecule has 0 spiro atoms. The van der Waals surface area contributed by atoms with E-state index in [1.807, 2.05) is 19.1 Å². The molecule has 3 heterocycles. The largest absolute Gasteiger partial charge is 0.361 e. The number of nitrogens with one attached hydrogen (secondary N) is 2. The van der Waals surface area contributed by atoms with Crippen molar-refractivity contribution in [2.45, 2.75) is 37.0 Å². The summed E-state index contributed by atoms with van der Waals surface area (Å²) in [6.07, 6.45) is 5.19. The van der Waals surface area contributed by atoms with E-state index >= 15 is 0 Å². The van der Waals surface area contributed by atoms with Crippen LogP contribution >= 0.6 is 36.6 Å². The molecule has 2 aromatic heterocycles. The molecule has 0 aliphatic carbocycles. The smallest absolute Gasteiger partial charge is 0.254 e. The standard InChI is InChI=1S/C18H24N4O2S.2ClH/c1-13-10-15(22-24-13)12-25-18-16(5-3-8-21-18)17(23)20-9-6-14-4-2-7-19-11-14;;/h3,5,8,10,14,19H,2,4,6-7,9,11-12H2,1H3,(H,20,23);2*1H. The molecule has 1 unspecified atom stereocenters. The molecule has 27 heavy (non-hydrogen) atoms. The van der Waals surface area contributed by atoms with E-state index in [0.717, 1.165) is 36.0 Å². The molecular weight excluding hydrogens is 407 g/mol. The van der Waals surface area contributed by atoms with Gasteiger partial charge in [-0.05, 0) is 57.3 Å². The summed E-state index contributed by atoms with van der Waals surface area (Å²) < 4.78 is 5.07. The lowest BCUT2D eigenvalue weighted by Crippen LogP contribution is -2.33. The molecule has 2 N–H and O–H groups in total. The Morgan fingerprint density at radius 2 is 2.30 bits per heavy atom. The first-order valence-electron chi connectivity index (χ1n) is 8.71. The Hall–Kier alpha value is -1.28. The number of amides is 1. The fourth-order valence-corrected chi connectivity index (χ4v) is 3.83. The summed E-state index contributed by atoms with van der Waals surface area (Å²) in [5.74, 6) is 2.01. The number of hydrogen-bond donors (Lipinski definition) is 2. The Balaban J connectivity index is 0.00000182. The quantitative estimate of drug-likeness (QED) is 0.650. The van der Waals surface area contributed by atoms with Crippen LogP contribution in [-0.4, -0.2) is 35.7 Å². The van der Waals surface area contributed by atoms with Crippen LogP contribution in [0.2, 0.25) is 0 Å². The molecular formula is C18H26Cl2N4O2S. The van der Waals surface area contributed by atoms with Crippen LogP contribution < -0.4 is 10.6 Å². The van der Waals surface area contributed by atoms with Gasteiger partial charge in [0.15, 0.2) is 0 Å². The lowest BCUT2D eigenvalue weighted by molar-refractivity contribution is 0.0947. The minimum Gasteiger partial charge on any atom is -0.361 e. The maximum Gasteiger partial charge on any atom is 0.254 e. The molecule has 0 saturated carbocycles. The highest BCUT2D eigenvalue weighted by Gasteiger charge is 2.16. The third-order valence-electron chi connectivity index (χ3n) is 4.29. The van der Waals surface area contributed by atoms with Crippen LogP contribution in [0.25, 0.3) is 0 Å². The molecule has 6 nitrogen and oxygen atoms in total. The van der Waals surface area contributed by atoms with Crippen LogP contribution in [0.3, 0.4) is 0 Å². The van der Waals surface area contributed by atoms with E-state index in [4.69, 9.17) is 4.52 Å². The van der Waals surface area contributed by atoms with E-state index in [1.54, 1.807) is 12.3 Å². The van der Waals surface area contributed by atoms with E-state index in [-0.39, 0.29) is 30.7 Å². The zero-order valence-electron chi connectivity index (χ0n) is 15.3. The van der Waals surface area contributed by atoms with Crippen LogP contribution in [0, 0.1) is 12.8 Å². The van der Waals surface area contributed by atoms with E-state index in [1.165, 1.54) is 24.6 Å². The summed E-state index contributed by atoms with van der Waals surface area (Å²) in [7, 11) is 0. The van der Waals surface area contributed by atoms with Gasteiger partial charge in [-0.3, -0.25) is 4.79 Å². The maximum atomic E-state index is 12.5. The summed E-state index contributed by atoms with van der Waals surface area (Å²) in [6.45, 7) is 4.74. The van der Waals surface area contributed by atoms with Crippen molar-refractivity contribution in [1.29, 1.82) is 0 Å². The Kier molecular flexibility index (Phi) is 10.8. The lowest BCUT2D eigenvalue weighted by atomic mass is 9.96. The number of piperidine rings is 1. The molecule has 0 radical (unpaired) electrons. The summed E-state index contributed by atoms with van der Waals surface area (Å²) in [5.41, 5.74) is 1.47. The van der Waals surface area contributed by atoms with Gasteiger partial charge in [0.2, 0.25) is 0 Å². The Morgan fingerprint density at radius 3 is 3.00 bits per heavy atom. The summed E-state index contributed by atoms with van der Waals surface area (Å²) in [6, 6.07) is 5.51. The minimum atomic E-state index is -0.0595. The average molecular weight is 433 g/mol. The van der Waals surface area contributed by atoms with Gasteiger partial charge in [-0.25, -0.2) is 4.98 Å². The first kappa shape index (κ1) is 23.8. The third-order valence-corrected chi connectivity index (χ3v) is 5.33. The number of aromatic nitrogens is 2. The van der Waals surface area contributed by atoms with Gasteiger partial charge in [-0.2, -0.15) is 0 Å². The van der Waals surface area contributed by atoms with Crippen molar-refractivity contribution in [1.82, 2.24) is 20.8 Å². The second-order valence-corrected chi connectivity index (χ2v) is 7.29. The summed E-state index contributed by atoms with van der Waals surface area (Å²) >= 11 is 1.50. The Morgan fingerprint density at radius 1 is 1.44 bits per heavy atom. The van der Waals surface area contributed by atoms with Crippen molar-refractivity contribution in [2.75, 3.05) is 19.6 Å². The van der Waals surface area contributed by atoms with E-state index in [0.29, 0.717) is 23.8 Å². The zero-order valence-corrected chi connectivity index (χ0v) is 17.7. The molecule has 150 valence electrons. The highest BCUT2D eigenvalue weighted by atomic mass is 35.5. The molecule has 1 fully saturated rings. The number of carbonyl (C=O) groups excluding carboxylic acids is 1. The number of thioether (sulfide) groups is 1. The molecule has 0 aromatic carbocycles. The van der Waals surface area contributed by atoms with Gasteiger partial charge >= 0.3 is 0 Å². The molecule has 1 atom stereocenters. The van der Waals surface area contributed by atoms with Gasteiger partial charge in [-0.1, -0.05) is 16.9 Å². The van der Waals surface area contributed by atoms with Gasteiger partial charge in [0.05, 0.1) is 11.3 Å². The van der Waals surface area contributed by atoms with Gasteiger partial charge in [0.1, 0.15) is 10.8 Å². The monoisotopic (exact) mass is 432 g/mol. The average Bonchev–Trinajstić information content (AvgIpc) is 3.06. The number of carbonyl (C=O) groups is 1. The SMILES string of the molecule is Cc1cc(CSc2ncccc2C(=O)NCCC2CCCNC2)no1.Cl.Cl. The first-order chi connectivity index (χ1) is 12.2. The normalized spacial score (nSPS) is 16.1. The number of nitrogens with zero attached hydrogens (tertiary/aromatic N) is 2. The number of rotatable bonds is 7. The Bertz CT molecular complexity index is 708. The highest BCUT2D eigenvalue weighted by Crippen LogP contribution is 2.24.